The second-order valence-corrected chi connectivity index (χ2v) is 8.05. The summed E-state index contributed by atoms with van der Waals surface area (Å²) in [5, 5.41) is 0. The largest absolute Gasteiger partial charge is 0.376 e. The summed E-state index contributed by atoms with van der Waals surface area (Å²) in [6, 6.07) is 9.54. The van der Waals surface area contributed by atoms with Gasteiger partial charge in [-0.05, 0) is 32.3 Å². The number of nitrogens with zero attached hydrogens (tertiary/aromatic N) is 5. The molecule has 1 atom stereocenters. The molecule has 4 heterocycles. The van der Waals surface area contributed by atoms with Crippen molar-refractivity contribution in [2.45, 2.75) is 45.9 Å². The fraction of sp³-hybridized carbons (Fsp3) is 0.409. The van der Waals surface area contributed by atoms with Crippen LogP contribution in [-0.4, -0.2) is 35.8 Å². The molecule has 0 saturated carbocycles. The Hall–Kier alpha value is -3.13. The van der Waals surface area contributed by atoms with Gasteiger partial charge in [0.2, 0.25) is 5.78 Å². The van der Waals surface area contributed by atoms with Crippen LogP contribution in [-0.2, 0) is 24.9 Å². The van der Waals surface area contributed by atoms with Gasteiger partial charge in [0.15, 0.2) is 11.2 Å². The van der Waals surface area contributed by atoms with Crippen molar-refractivity contribution in [3.05, 3.63) is 68.1 Å². The van der Waals surface area contributed by atoms with Gasteiger partial charge in [-0.25, -0.2) is 4.79 Å². The second-order valence-electron chi connectivity index (χ2n) is 8.05. The summed E-state index contributed by atoms with van der Waals surface area (Å²) < 4.78 is 12.6. The summed E-state index contributed by atoms with van der Waals surface area (Å²) in [4.78, 5) is 31.2. The summed E-state index contributed by atoms with van der Waals surface area (Å²) in [6.07, 6.45) is 2.23. The van der Waals surface area contributed by atoms with E-state index in [1.807, 2.05) is 48.6 Å². The average molecular weight is 407 g/mol. The van der Waals surface area contributed by atoms with Crippen molar-refractivity contribution in [3.8, 4) is 0 Å². The van der Waals surface area contributed by atoms with E-state index in [-0.39, 0.29) is 23.9 Å². The summed E-state index contributed by atoms with van der Waals surface area (Å²) in [5.74, 6) is 0.681. The van der Waals surface area contributed by atoms with Gasteiger partial charge in [0.05, 0.1) is 19.2 Å². The van der Waals surface area contributed by atoms with Gasteiger partial charge in [0, 0.05) is 25.0 Å². The Labute approximate surface area is 173 Å². The third-order valence-corrected chi connectivity index (χ3v) is 6.22. The summed E-state index contributed by atoms with van der Waals surface area (Å²) >= 11 is 0. The highest BCUT2D eigenvalue weighted by atomic mass is 16.5. The Bertz CT molecular complexity index is 1370. The van der Waals surface area contributed by atoms with Crippen molar-refractivity contribution < 1.29 is 4.74 Å². The number of hydrogen-bond donors (Lipinski definition) is 0. The monoisotopic (exact) mass is 407 g/mol. The number of hydrogen-bond acceptors (Lipinski definition) is 4. The first kappa shape index (κ1) is 18.9. The van der Waals surface area contributed by atoms with Gasteiger partial charge in [-0.15, -0.1) is 0 Å². The molecular weight excluding hydrogens is 382 g/mol. The van der Waals surface area contributed by atoms with Gasteiger partial charge < -0.3 is 9.30 Å². The Morgan fingerprint density at radius 3 is 2.57 bits per heavy atom. The van der Waals surface area contributed by atoms with Crippen LogP contribution in [0.1, 0.15) is 29.8 Å². The number of ether oxygens (including phenoxy) is 1. The first-order chi connectivity index (χ1) is 14.5. The minimum atomic E-state index is -0.364. The number of aryl methyl sites for hydroxylation is 2. The lowest BCUT2D eigenvalue weighted by atomic mass is 10.2. The van der Waals surface area contributed by atoms with E-state index in [9.17, 15) is 9.59 Å². The number of aromatic nitrogens is 5. The smallest absolute Gasteiger partial charge is 0.332 e. The molecule has 0 aliphatic carbocycles. The SMILES string of the molecule is Cc1c(C)n2c3c(=O)n(Cc4ccccc4)c(=O)n(C)c3nc2n1C[C@H]1CCCO1. The summed E-state index contributed by atoms with van der Waals surface area (Å²) in [5.41, 5.74) is 3.08. The van der Waals surface area contributed by atoms with Crippen LogP contribution in [0.15, 0.2) is 39.9 Å². The quantitative estimate of drug-likeness (QED) is 0.519. The zero-order valence-corrected chi connectivity index (χ0v) is 17.5. The molecule has 0 N–H and O–H groups in total. The van der Waals surface area contributed by atoms with Crippen molar-refractivity contribution in [2.75, 3.05) is 6.61 Å². The lowest BCUT2D eigenvalue weighted by Crippen LogP contribution is -2.39. The molecule has 1 saturated heterocycles. The van der Waals surface area contributed by atoms with Crippen LogP contribution in [0.25, 0.3) is 16.9 Å². The van der Waals surface area contributed by atoms with Gasteiger partial charge in [0.25, 0.3) is 5.56 Å². The fourth-order valence-corrected chi connectivity index (χ4v) is 4.43. The highest BCUT2D eigenvalue weighted by Gasteiger charge is 2.25. The maximum atomic E-state index is 13.5. The van der Waals surface area contributed by atoms with Crippen molar-refractivity contribution in [1.29, 1.82) is 0 Å². The van der Waals surface area contributed by atoms with Crippen molar-refractivity contribution in [1.82, 2.24) is 23.1 Å². The molecule has 0 radical (unpaired) electrons. The summed E-state index contributed by atoms with van der Waals surface area (Å²) in [7, 11) is 1.67. The third kappa shape index (κ3) is 2.74. The predicted octanol–water partition coefficient (Wildman–Crippen LogP) is 1.99. The van der Waals surface area contributed by atoms with E-state index in [1.54, 1.807) is 7.05 Å². The van der Waals surface area contributed by atoms with Crippen LogP contribution in [0.5, 0.6) is 0 Å². The molecule has 0 amide bonds. The van der Waals surface area contributed by atoms with E-state index in [1.165, 1.54) is 9.13 Å². The van der Waals surface area contributed by atoms with Gasteiger partial charge in [-0.2, -0.15) is 4.98 Å². The molecule has 5 rings (SSSR count). The molecule has 4 aromatic rings. The first-order valence-electron chi connectivity index (χ1n) is 10.3. The molecule has 1 aromatic carbocycles. The molecule has 30 heavy (non-hydrogen) atoms. The number of rotatable bonds is 4. The van der Waals surface area contributed by atoms with E-state index < -0.39 is 0 Å². The minimum absolute atomic E-state index is 0.151. The van der Waals surface area contributed by atoms with E-state index >= 15 is 0 Å². The van der Waals surface area contributed by atoms with Crippen LogP contribution in [0, 0.1) is 13.8 Å². The molecule has 3 aromatic heterocycles. The highest BCUT2D eigenvalue weighted by molar-refractivity contribution is 5.76. The summed E-state index contributed by atoms with van der Waals surface area (Å²) in [6.45, 7) is 5.73. The van der Waals surface area contributed by atoms with Gasteiger partial charge in [-0.1, -0.05) is 30.3 Å². The standard InChI is InChI=1S/C22H25N5O3/c1-14-15(2)27-18-19(23-21(27)25(14)13-17-10-7-11-30-17)24(3)22(29)26(20(18)28)12-16-8-5-4-6-9-16/h4-6,8-9,17H,7,10-13H2,1-3H3/t17-/m1/s1. The van der Waals surface area contributed by atoms with Crippen LogP contribution in [0.3, 0.4) is 0 Å². The lowest BCUT2D eigenvalue weighted by Gasteiger charge is -2.12. The van der Waals surface area contributed by atoms with Crippen LogP contribution in [0.2, 0.25) is 0 Å². The van der Waals surface area contributed by atoms with E-state index in [0.29, 0.717) is 23.5 Å². The molecule has 1 aliphatic heterocycles. The predicted molar refractivity (Wildman–Crippen MR) is 114 cm³/mol. The van der Waals surface area contributed by atoms with Crippen LogP contribution < -0.4 is 11.2 Å². The molecule has 8 nitrogen and oxygen atoms in total. The Morgan fingerprint density at radius 1 is 1.10 bits per heavy atom. The Balaban J connectivity index is 1.75. The third-order valence-electron chi connectivity index (χ3n) is 6.22. The van der Waals surface area contributed by atoms with E-state index in [0.717, 1.165) is 36.4 Å². The van der Waals surface area contributed by atoms with E-state index in [2.05, 4.69) is 4.57 Å². The maximum Gasteiger partial charge on any atom is 0.332 e. The molecule has 1 fully saturated rings. The van der Waals surface area contributed by atoms with Gasteiger partial charge in [-0.3, -0.25) is 18.3 Å². The first-order valence-corrected chi connectivity index (χ1v) is 10.3. The molecule has 0 spiro atoms. The van der Waals surface area contributed by atoms with Crippen LogP contribution >= 0.6 is 0 Å². The van der Waals surface area contributed by atoms with Crippen molar-refractivity contribution in [2.24, 2.45) is 7.05 Å². The molecular formula is C22H25N5O3. The number of fused-ring (bicyclic) bond motifs is 3. The Morgan fingerprint density at radius 2 is 1.87 bits per heavy atom. The minimum Gasteiger partial charge on any atom is -0.376 e. The van der Waals surface area contributed by atoms with Crippen molar-refractivity contribution in [3.63, 3.8) is 0 Å². The van der Waals surface area contributed by atoms with Crippen molar-refractivity contribution >= 4 is 16.9 Å². The zero-order chi connectivity index (χ0) is 21.0. The lowest BCUT2D eigenvalue weighted by molar-refractivity contribution is 0.0974. The van der Waals surface area contributed by atoms with Gasteiger partial charge in [0.1, 0.15) is 0 Å². The number of benzene rings is 1. The molecule has 156 valence electrons. The second kappa shape index (κ2) is 6.98. The van der Waals surface area contributed by atoms with Gasteiger partial charge >= 0.3 is 5.69 Å². The molecule has 1 aliphatic rings. The van der Waals surface area contributed by atoms with Crippen LogP contribution in [0.4, 0.5) is 0 Å². The fourth-order valence-electron chi connectivity index (χ4n) is 4.43. The highest BCUT2D eigenvalue weighted by Crippen LogP contribution is 2.23. The number of imidazole rings is 2. The Kier molecular flexibility index (Phi) is 4.39. The molecule has 8 heteroatoms. The molecule has 0 unspecified atom stereocenters. The molecule has 0 bridgehead atoms. The maximum absolute atomic E-state index is 13.5. The zero-order valence-electron chi connectivity index (χ0n) is 17.5. The average Bonchev–Trinajstić information content (AvgIpc) is 3.45. The van der Waals surface area contributed by atoms with E-state index in [4.69, 9.17) is 9.72 Å². The normalized spacial score (nSPS) is 16.8. The topological polar surface area (TPSA) is 75.5 Å².